The van der Waals surface area contributed by atoms with E-state index < -0.39 is 27.1 Å². The lowest BCUT2D eigenvalue weighted by atomic mass is 10.1. The van der Waals surface area contributed by atoms with Gasteiger partial charge in [0.1, 0.15) is 12.2 Å². The molecule has 0 amide bonds. The summed E-state index contributed by atoms with van der Waals surface area (Å²) in [5.74, 6) is 0. The minimum absolute atomic E-state index is 0.0662. The van der Waals surface area contributed by atoms with Crippen molar-refractivity contribution < 1.29 is 43.7 Å². The second-order valence-electron chi connectivity index (χ2n) is 12.2. The van der Waals surface area contributed by atoms with Gasteiger partial charge in [0.25, 0.3) is 0 Å². The third-order valence-corrected chi connectivity index (χ3v) is 8.13. The molecule has 0 bridgehead atoms. The summed E-state index contributed by atoms with van der Waals surface area (Å²) in [7, 11) is -4.50. The molecule has 0 heterocycles. The Labute approximate surface area is 271 Å². The first-order valence-corrected chi connectivity index (χ1v) is 19.6. The van der Waals surface area contributed by atoms with Gasteiger partial charge in [-0.05, 0) is 12.8 Å². The van der Waals surface area contributed by atoms with Crippen molar-refractivity contribution in [3.8, 4) is 0 Å². The van der Waals surface area contributed by atoms with Crippen molar-refractivity contribution in [3.63, 3.8) is 0 Å². The molecule has 0 aliphatic rings. The number of aliphatic hydroxyl groups is 3. The van der Waals surface area contributed by atoms with Crippen LogP contribution in [0.2, 0.25) is 0 Å². The van der Waals surface area contributed by atoms with Crippen molar-refractivity contribution in [1.29, 1.82) is 0 Å². The summed E-state index contributed by atoms with van der Waals surface area (Å²) < 4.78 is 25.3. The Morgan fingerprint density at radius 3 is 1.23 bits per heavy atom. The SMILES string of the molecule is CCCCCCCCCCCCCCOCC(CO)OCCCCCCCCCCCCCC.O=P(O)(O)OCC(O)CO. The maximum absolute atomic E-state index is 9.93. The number of unbranched alkanes of at least 4 members (excludes halogenated alkanes) is 22. The lowest BCUT2D eigenvalue weighted by molar-refractivity contribution is -0.0437. The molecule has 0 aliphatic carbocycles. The minimum atomic E-state index is -4.50. The quantitative estimate of drug-likeness (QED) is 0.0341. The maximum atomic E-state index is 9.93. The van der Waals surface area contributed by atoms with E-state index in [1.54, 1.807) is 0 Å². The molecule has 0 radical (unpaired) electrons. The average molecular weight is 657 g/mol. The molecule has 2 unspecified atom stereocenters. The van der Waals surface area contributed by atoms with Crippen LogP contribution < -0.4 is 0 Å². The van der Waals surface area contributed by atoms with Crippen molar-refractivity contribution in [2.75, 3.05) is 39.6 Å². The summed E-state index contributed by atoms with van der Waals surface area (Å²) in [6, 6.07) is 0. The standard InChI is InChI=1S/C31H64O3.C3H9O6P/c1-3-5-7-9-11-13-15-17-19-21-23-25-27-33-30-31(29-32)34-28-26-24-22-20-18-16-14-12-10-8-6-4-2;4-1-3(5)2-9-10(6,7)8/h31-32H,3-30H2,1-2H3;3-5H,1-2H2,(H2,6,7,8). The van der Waals surface area contributed by atoms with Crippen LogP contribution in [0.25, 0.3) is 0 Å². The molecule has 0 saturated heterocycles. The molecule has 0 fully saturated rings. The first kappa shape index (κ1) is 46.0. The van der Waals surface area contributed by atoms with Gasteiger partial charge in [-0.1, -0.05) is 155 Å². The summed E-state index contributed by atoms with van der Waals surface area (Å²) in [6.45, 7) is 5.57. The van der Waals surface area contributed by atoms with Gasteiger partial charge in [0.05, 0.1) is 26.4 Å². The van der Waals surface area contributed by atoms with Gasteiger partial charge in [-0.2, -0.15) is 0 Å². The Morgan fingerprint density at radius 2 is 0.886 bits per heavy atom. The van der Waals surface area contributed by atoms with E-state index in [2.05, 4.69) is 18.4 Å². The summed E-state index contributed by atoms with van der Waals surface area (Å²) in [5.41, 5.74) is 0. The molecular weight excluding hydrogens is 583 g/mol. The number of rotatable bonds is 34. The van der Waals surface area contributed by atoms with Gasteiger partial charge in [-0.3, -0.25) is 4.52 Å². The molecule has 0 rings (SSSR count). The predicted molar refractivity (Wildman–Crippen MR) is 181 cm³/mol. The second kappa shape index (κ2) is 37.4. The highest BCUT2D eigenvalue weighted by molar-refractivity contribution is 7.46. The summed E-state index contributed by atoms with van der Waals surface area (Å²) >= 11 is 0. The second-order valence-corrected chi connectivity index (χ2v) is 13.4. The monoisotopic (exact) mass is 656 g/mol. The fourth-order valence-electron chi connectivity index (χ4n) is 4.84. The predicted octanol–water partition coefficient (Wildman–Crippen LogP) is 8.23. The number of hydrogen-bond donors (Lipinski definition) is 5. The molecule has 5 N–H and O–H groups in total. The van der Waals surface area contributed by atoms with Crippen LogP contribution in [0.4, 0.5) is 0 Å². The number of phosphoric acid groups is 1. The van der Waals surface area contributed by atoms with E-state index in [4.69, 9.17) is 29.5 Å². The molecule has 0 aromatic carbocycles. The van der Waals surface area contributed by atoms with E-state index in [1.165, 1.54) is 141 Å². The third-order valence-electron chi connectivity index (χ3n) is 7.65. The van der Waals surface area contributed by atoms with E-state index in [-0.39, 0.29) is 12.7 Å². The van der Waals surface area contributed by atoms with Gasteiger partial charge in [0.15, 0.2) is 0 Å². The van der Waals surface area contributed by atoms with E-state index in [0.717, 1.165) is 26.1 Å². The van der Waals surface area contributed by atoms with Crippen molar-refractivity contribution in [1.82, 2.24) is 0 Å². The van der Waals surface area contributed by atoms with E-state index in [0.29, 0.717) is 6.61 Å². The molecule has 0 spiro atoms. The van der Waals surface area contributed by atoms with E-state index in [1.807, 2.05) is 0 Å². The molecule has 0 aromatic rings. The van der Waals surface area contributed by atoms with Crippen LogP contribution in [0, 0.1) is 0 Å². The zero-order valence-corrected chi connectivity index (χ0v) is 29.6. The van der Waals surface area contributed by atoms with Crippen LogP contribution in [-0.2, 0) is 18.6 Å². The van der Waals surface area contributed by atoms with Gasteiger partial charge in [-0.15, -0.1) is 0 Å². The Balaban J connectivity index is 0. The normalized spacial score (nSPS) is 13.1. The first-order valence-electron chi connectivity index (χ1n) is 18.1. The first-order chi connectivity index (χ1) is 21.3. The molecule has 2 atom stereocenters. The molecule has 0 aliphatic heterocycles. The van der Waals surface area contributed by atoms with E-state index >= 15 is 0 Å². The summed E-state index contributed by atoms with van der Waals surface area (Å²) in [6.07, 6.45) is 31.3. The Kier molecular flexibility index (Phi) is 39.1. The van der Waals surface area contributed by atoms with Crippen LogP contribution in [0.1, 0.15) is 168 Å². The molecule has 268 valence electrons. The van der Waals surface area contributed by atoms with Crippen LogP contribution >= 0.6 is 7.82 Å². The number of ether oxygens (including phenoxy) is 2. The molecule has 0 aromatic heterocycles. The minimum Gasteiger partial charge on any atom is -0.394 e. The zero-order valence-electron chi connectivity index (χ0n) is 28.7. The third kappa shape index (κ3) is 41.9. The number of hydrogen-bond acceptors (Lipinski definition) is 7. The van der Waals surface area contributed by atoms with Crippen LogP contribution in [-0.4, -0.2) is 77.0 Å². The Morgan fingerprint density at radius 1 is 0.523 bits per heavy atom. The van der Waals surface area contributed by atoms with Gasteiger partial charge in [0.2, 0.25) is 0 Å². The molecule has 9 nitrogen and oxygen atoms in total. The summed E-state index contributed by atoms with van der Waals surface area (Å²) in [4.78, 5) is 16.1. The number of aliphatic hydroxyl groups excluding tert-OH is 3. The highest BCUT2D eigenvalue weighted by atomic mass is 31.2. The van der Waals surface area contributed by atoms with Gasteiger partial charge in [0, 0.05) is 13.2 Å². The van der Waals surface area contributed by atoms with Crippen molar-refractivity contribution in [2.24, 2.45) is 0 Å². The van der Waals surface area contributed by atoms with Gasteiger partial charge < -0.3 is 34.6 Å². The fourth-order valence-corrected chi connectivity index (χ4v) is 5.21. The molecular formula is C34H73O9P. The zero-order chi connectivity index (χ0) is 33.0. The van der Waals surface area contributed by atoms with Crippen molar-refractivity contribution >= 4 is 7.82 Å². The largest absolute Gasteiger partial charge is 0.469 e. The number of phosphoric ester groups is 1. The van der Waals surface area contributed by atoms with Crippen molar-refractivity contribution in [3.05, 3.63) is 0 Å². The van der Waals surface area contributed by atoms with Crippen LogP contribution in [0.15, 0.2) is 0 Å². The maximum Gasteiger partial charge on any atom is 0.469 e. The average Bonchev–Trinajstić information content (AvgIpc) is 3.01. The van der Waals surface area contributed by atoms with E-state index in [9.17, 15) is 9.67 Å². The lowest BCUT2D eigenvalue weighted by Gasteiger charge is -2.15. The van der Waals surface area contributed by atoms with Gasteiger partial charge in [-0.25, -0.2) is 4.57 Å². The molecule has 10 heteroatoms. The van der Waals surface area contributed by atoms with Crippen LogP contribution in [0.3, 0.4) is 0 Å². The van der Waals surface area contributed by atoms with Crippen molar-refractivity contribution in [2.45, 2.75) is 180 Å². The molecule has 0 saturated carbocycles. The van der Waals surface area contributed by atoms with Gasteiger partial charge >= 0.3 is 7.82 Å². The highest BCUT2D eigenvalue weighted by Crippen LogP contribution is 2.35. The lowest BCUT2D eigenvalue weighted by Crippen LogP contribution is -2.24. The topological polar surface area (TPSA) is 146 Å². The summed E-state index contributed by atoms with van der Waals surface area (Å²) in [5, 5.41) is 26.2. The molecule has 44 heavy (non-hydrogen) atoms. The Hall–Kier alpha value is -0.0900. The smallest absolute Gasteiger partial charge is 0.394 e. The highest BCUT2D eigenvalue weighted by Gasteiger charge is 2.15. The van der Waals surface area contributed by atoms with Crippen LogP contribution in [0.5, 0.6) is 0 Å². The Bertz CT molecular complexity index is 577. The fraction of sp³-hybridized carbons (Fsp3) is 1.00.